The van der Waals surface area contributed by atoms with Gasteiger partial charge in [0.15, 0.2) is 0 Å². The molecule has 3 heteroatoms. The number of fused-ring (bicyclic) bond motifs is 1. The molecule has 0 spiro atoms. The van der Waals surface area contributed by atoms with Gasteiger partial charge in [0.2, 0.25) is 0 Å². The Bertz CT molecular complexity index is 830. The Morgan fingerprint density at radius 2 is 1.52 bits per heavy atom. The number of esters is 1. The Morgan fingerprint density at radius 3 is 2.19 bits per heavy atom. The highest BCUT2D eigenvalue weighted by Gasteiger charge is 2.14. The summed E-state index contributed by atoms with van der Waals surface area (Å²) in [5.74, 6) is 0.475. The van der Waals surface area contributed by atoms with Crippen LogP contribution >= 0.6 is 0 Å². The van der Waals surface area contributed by atoms with Gasteiger partial charge in [0.05, 0.1) is 6.61 Å². The lowest BCUT2D eigenvalue weighted by Gasteiger charge is -2.18. The van der Waals surface area contributed by atoms with Gasteiger partial charge in [-0.25, -0.2) is 4.79 Å². The monoisotopic (exact) mass is 424 g/mol. The zero-order valence-corrected chi connectivity index (χ0v) is 19.9. The van der Waals surface area contributed by atoms with E-state index in [1.807, 2.05) is 45.0 Å². The summed E-state index contributed by atoms with van der Waals surface area (Å²) < 4.78 is 11.5. The van der Waals surface area contributed by atoms with Crippen LogP contribution in [-0.4, -0.2) is 18.2 Å². The molecule has 0 unspecified atom stereocenters. The average molecular weight is 425 g/mol. The van der Waals surface area contributed by atoms with Crippen LogP contribution in [0.25, 0.3) is 16.8 Å². The van der Waals surface area contributed by atoms with Gasteiger partial charge in [-0.2, -0.15) is 0 Å². The smallest absolute Gasteiger partial charge is 0.331 e. The minimum Gasteiger partial charge on any atom is -0.493 e. The summed E-state index contributed by atoms with van der Waals surface area (Å²) in [5.41, 5.74) is 0.426. The summed E-state index contributed by atoms with van der Waals surface area (Å²) >= 11 is 0. The molecule has 2 rings (SSSR count). The molecule has 0 fully saturated rings. The predicted octanol–water partition coefficient (Wildman–Crippen LogP) is 8.10. The van der Waals surface area contributed by atoms with E-state index in [2.05, 4.69) is 25.1 Å². The van der Waals surface area contributed by atoms with E-state index in [1.54, 1.807) is 0 Å². The fourth-order valence-electron chi connectivity index (χ4n) is 3.66. The van der Waals surface area contributed by atoms with Gasteiger partial charge in [0.25, 0.3) is 0 Å². The first-order chi connectivity index (χ1) is 14.9. The first-order valence-electron chi connectivity index (χ1n) is 12.0. The molecule has 3 nitrogen and oxygen atoms in total. The first kappa shape index (κ1) is 25.0. The third-order valence-corrected chi connectivity index (χ3v) is 5.23. The van der Waals surface area contributed by atoms with Crippen molar-refractivity contribution in [3.63, 3.8) is 0 Å². The quantitative estimate of drug-likeness (QED) is 0.185. The molecule has 0 saturated carbocycles. The lowest BCUT2D eigenvalue weighted by molar-refractivity contribution is -0.148. The maximum Gasteiger partial charge on any atom is 0.331 e. The minimum atomic E-state index is -0.504. The molecule has 0 bridgehead atoms. The standard InChI is InChI=1S/C28H40O3/c1-5-6-7-8-9-10-11-12-15-22-30-26-20-18-23-16-13-14-17-24(23)25(26)19-21-27(29)31-28(2,3)4/h13-14,16-21H,5-12,15,22H2,1-4H3. The van der Waals surface area contributed by atoms with Crippen LogP contribution in [0.1, 0.15) is 91.0 Å². The second-order valence-corrected chi connectivity index (χ2v) is 9.24. The third kappa shape index (κ3) is 9.59. The van der Waals surface area contributed by atoms with Crippen LogP contribution < -0.4 is 4.74 Å². The number of ether oxygens (including phenoxy) is 2. The molecule has 0 amide bonds. The summed E-state index contributed by atoms with van der Waals surface area (Å²) in [5, 5.41) is 2.20. The Kier molecular flexibility index (Phi) is 10.6. The summed E-state index contributed by atoms with van der Waals surface area (Å²) in [7, 11) is 0. The Labute approximate surface area is 188 Å². The van der Waals surface area contributed by atoms with E-state index in [9.17, 15) is 4.79 Å². The number of hydrogen-bond acceptors (Lipinski definition) is 3. The molecule has 0 radical (unpaired) electrons. The van der Waals surface area contributed by atoms with Gasteiger partial charge in [0.1, 0.15) is 11.4 Å². The van der Waals surface area contributed by atoms with Crippen LogP contribution in [-0.2, 0) is 9.53 Å². The fraction of sp³-hybridized carbons (Fsp3) is 0.536. The molecule has 31 heavy (non-hydrogen) atoms. The largest absolute Gasteiger partial charge is 0.493 e. The van der Waals surface area contributed by atoms with Gasteiger partial charge in [-0.15, -0.1) is 0 Å². The number of unbranched alkanes of at least 4 members (excludes halogenated alkanes) is 8. The van der Waals surface area contributed by atoms with Gasteiger partial charge in [0, 0.05) is 11.6 Å². The zero-order chi connectivity index (χ0) is 22.5. The first-order valence-corrected chi connectivity index (χ1v) is 12.0. The number of benzene rings is 2. The average Bonchev–Trinajstić information content (AvgIpc) is 2.72. The van der Waals surface area contributed by atoms with Crippen LogP contribution in [0.3, 0.4) is 0 Å². The number of hydrogen-bond donors (Lipinski definition) is 0. The van der Waals surface area contributed by atoms with Crippen LogP contribution in [0.4, 0.5) is 0 Å². The Balaban J connectivity index is 1.92. The van der Waals surface area contributed by atoms with Crippen molar-refractivity contribution in [1.82, 2.24) is 0 Å². The van der Waals surface area contributed by atoms with Crippen molar-refractivity contribution in [1.29, 1.82) is 0 Å². The fourth-order valence-corrected chi connectivity index (χ4v) is 3.66. The molecule has 0 N–H and O–H groups in total. The highest BCUT2D eigenvalue weighted by molar-refractivity contribution is 5.96. The van der Waals surface area contributed by atoms with Gasteiger partial charge >= 0.3 is 5.97 Å². The highest BCUT2D eigenvalue weighted by Crippen LogP contribution is 2.30. The topological polar surface area (TPSA) is 35.5 Å². The minimum absolute atomic E-state index is 0.342. The van der Waals surface area contributed by atoms with Crippen LogP contribution in [0.15, 0.2) is 42.5 Å². The van der Waals surface area contributed by atoms with E-state index in [0.717, 1.165) is 28.5 Å². The Morgan fingerprint density at radius 1 is 0.871 bits per heavy atom. The van der Waals surface area contributed by atoms with E-state index in [4.69, 9.17) is 9.47 Å². The summed E-state index contributed by atoms with van der Waals surface area (Å²) in [6.07, 6.45) is 14.9. The number of carbonyl (C=O) groups excluding carboxylic acids is 1. The summed E-state index contributed by atoms with van der Waals surface area (Å²) in [6, 6.07) is 12.3. The SMILES string of the molecule is CCCCCCCCCCCOc1ccc2ccccc2c1C=CC(=O)OC(C)(C)C. The maximum absolute atomic E-state index is 12.2. The molecule has 2 aromatic carbocycles. The molecule has 0 aliphatic rings. The molecule has 0 atom stereocenters. The van der Waals surface area contributed by atoms with Crippen molar-refractivity contribution in [3.8, 4) is 5.75 Å². The van der Waals surface area contributed by atoms with Crippen LogP contribution in [0.5, 0.6) is 5.75 Å². The van der Waals surface area contributed by atoms with Crippen molar-refractivity contribution < 1.29 is 14.3 Å². The van der Waals surface area contributed by atoms with Crippen molar-refractivity contribution >= 4 is 22.8 Å². The van der Waals surface area contributed by atoms with Crippen molar-refractivity contribution in [2.75, 3.05) is 6.61 Å². The van der Waals surface area contributed by atoms with Gasteiger partial charge < -0.3 is 9.47 Å². The van der Waals surface area contributed by atoms with Crippen molar-refractivity contribution in [3.05, 3.63) is 48.0 Å². The van der Waals surface area contributed by atoms with Gasteiger partial charge in [-0.1, -0.05) is 88.6 Å². The molecular weight excluding hydrogens is 384 g/mol. The molecule has 0 saturated heterocycles. The molecule has 2 aromatic rings. The van der Waals surface area contributed by atoms with E-state index < -0.39 is 5.60 Å². The van der Waals surface area contributed by atoms with E-state index in [0.29, 0.717) is 6.61 Å². The third-order valence-electron chi connectivity index (χ3n) is 5.23. The summed E-state index contributed by atoms with van der Waals surface area (Å²) in [6.45, 7) is 8.57. The van der Waals surface area contributed by atoms with E-state index >= 15 is 0 Å². The normalized spacial score (nSPS) is 11.9. The predicted molar refractivity (Wildman–Crippen MR) is 132 cm³/mol. The summed E-state index contributed by atoms with van der Waals surface area (Å²) in [4.78, 5) is 12.2. The lowest BCUT2D eigenvalue weighted by atomic mass is 10.0. The molecular formula is C28H40O3. The molecule has 170 valence electrons. The van der Waals surface area contributed by atoms with Gasteiger partial charge in [-0.3, -0.25) is 0 Å². The molecule has 0 aromatic heterocycles. The van der Waals surface area contributed by atoms with E-state index in [-0.39, 0.29) is 5.97 Å². The highest BCUT2D eigenvalue weighted by atomic mass is 16.6. The van der Waals surface area contributed by atoms with Crippen molar-refractivity contribution in [2.45, 2.75) is 91.1 Å². The molecule has 0 heterocycles. The second-order valence-electron chi connectivity index (χ2n) is 9.24. The van der Waals surface area contributed by atoms with E-state index in [1.165, 1.54) is 57.4 Å². The molecule has 0 aliphatic carbocycles. The second kappa shape index (κ2) is 13.2. The Hall–Kier alpha value is -2.29. The maximum atomic E-state index is 12.2. The van der Waals surface area contributed by atoms with Gasteiger partial charge in [-0.05, 0) is 50.1 Å². The number of carbonyl (C=O) groups is 1. The number of rotatable bonds is 13. The zero-order valence-electron chi connectivity index (χ0n) is 19.9. The van der Waals surface area contributed by atoms with Crippen molar-refractivity contribution in [2.24, 2.45) is 0 Å². The van der Waals surface area contributed by atoms with Crippen LogP contribution in [0, 0.1) is 0 Å². The van der Waals surface area contributed by atoms with Crippen LogP contribution in [0.2, 0.25) is 0 Å². The molecule has 0 aliphatic heterocycles. The lowest BCUT2D eigenvalue weighted by Crippen LogP contribution is -2.22.